The van der Waals surface area contributed by atoms with Crippen LogP contribution in [0.15, 0.2) is 56.3 Å². The van der Waals surface area contributed by atoms with Crippen molar-refractivity contribution < 1.29 is 4.42 Å². The summed E-state index contributed by atoms with van der Waals surface area (Å²) in [5.41, 5.74) is 2.15. The van der Waals surface area contributed by atoms with Crippen LogP contribution in [0.2, 0.25) is 0 Å². The normalized spacial score (nSPS) is 11.3. The Morgan fingerprint density at radius 1 is 0.889 bits per heavy atom. The highest BCUT2D eigenvalue weighted by molar-refractivity contribution is 9.10. The fraction of sp³-hybridized carbons (Fsp3) is 0.0769. The van der Waals surface area contributed by atoms with E-state index in [-0.39, 0.29) is 5.92 Å². The molecule has 0 atom stereocenters. The molecule has 0 aliphatic carbocycles. The number of hydrogen-bond donors (Lipinski definition) is 2. The van der Waals surface area contributed by atoms with E-state index < -0.39 is 0 Å². The second-order valence-electron chi connectivity index (χ2n) is 3.97. The number of H-pyrrole nitrogens is 2. The predicted molar refractivity (Wildman–Crippen MR) is 76.6 cm³/mol. The van der Waals surface area contributed by atoms with Gasteiger partial charge in [0.05, 0.1) is 21.4 Å². The Bertz CT molecular complexity index is 599. The first-order valence-electron chi connectivity index (χ1n) is 5.46. The van der Waals surface area contributed by atoms with Crippen molar-refractivity contribution in [3.63, 3.8) is 0 Å². The maximum absolute atomic E-state index is 5.55. The van der Waals surface area contributed by atoms with E-state index in [0.29, 0.717) is 0 Å². The van der Waals surface area contributed by atoms with Gasteiger partial charge in [0.25, 0.3) is 0 Å². The molecule has 0 amide bonds. The van der Waals surface area contributed by atoms with Gasteiger partial charge in [-0.25, -0.2) is 0 Å². The van der Waals surface area contributed by atoms with Crippen LogP contribution in [0.25, 0.3) is 0 Å². The highest BCUT2D eigenvalue weighted by Crippen LogP contribution is 2.32. The van der Waals surface area contributed by atoms with Crippen molar-refractivity contribution in [3.8, 4) is 0 Å². The van der Waals surface area contributed by atoms with E-state index in [9.17, 15) is 0 Å². The van der Waals surface area contributed by atoms with Gasteiger partial charge in [-0.05, 0) is 68.3 Å². The third-order valence-corrected chi connectivity index (χ3v) is 3.72. The number of furan rings is 1. The van der Waals surface area contributed by atoms with Gasteiger partial charge in [-0.3, -0.25) is 0 Å². The van der Waals surface area contributed by atoms with Crippen LogP contribution in [-0.2, 0) is 0 Å². The molecule has 0 saturated carbocycles. The minimum atomic E-state index is 0.0394. The summed E-state index contributed by atoms with van der Waals surface area (Å²) in [6.07, 6.45) is 1.69. The SMILES string of the molecule is Brc1ccc(C(c2ccc(Br)[nH]2)c2ccco2)[nH]1. The van der Waals surface area contributed by atoms with Crippen LogP contribution in [0, 0.1) is 0 Å². The number of hydrogen-bond acceptors (Lipinski definition) is 1. The molecule has 0 aliphatic rings. The molecule has 2 N–H and O–H groups in total. The van der Waals surface area contributed by atoms with Gasteiger partial charge in [0.2, 0.25) is 0 Å². The van der Waals surface area contributed by atoms with Gasteiger partial charge >= 0.3 is 0 Å². The average molecular weight is 370 g/mol. The second-order valence-corrected chi connectivity index (χ2v) is 5.68. The van der Waals surface area contributed by atoms with Crippen LogP contribution in [0.4, 0.5) is 0 Å². The van der Waals surface area contributed by atoms with E-state index >= 15 is 0 Å². The van der Waals surface area contributed by atoms with Crippen molar-refractivity contribution in [2.24, 2.45) is 0 Å². The topological polar surface area (TPSA) is 44.7 Å². The number of nitrogens with one attached hydrogen (secondary N) is 2. The molecular formula is C13H10Br2N2O. The first-order chi connectivity index (χ1) is 8.74. The molecule has 5 heteroatoms. The van der Waals surface area contributed by atoms with E-state index in [4.69, 9.17) is 4.42 Å². The van der Waals surface area contributed by atoms with Gasteiger partial charge in [0, 0.05) is 11.4 Å². The monoisotopic (exact) mass is 368 g/mol. The van der Waals surface area contributed by atoms with Gasteiger partial charge < -0.3 is 14.4 Å². The Hall–Kier alpha value is -1.20. The smallest absolute Gasteiger partial charge is 0.118 e. The molecule has 0 bridgehead atoms. The molecule has 0 saturated heterocycles. The van der Waals surface area contributed by atoms with Gasteiger partial charge in [0.1, 0.15) is 5.76 Å². The summed E-state index contributed by atoms with van der Waals surface area (Å²) in [5, 5.41) is 0. The molecule has 18 heavy (non-hydrogen) atoms. The Balaban J connectivity index is 2.09. The molecule has 3 nitrogen and oxygen atoms in total. The van der Waals surface area contributed by atoms with Crippen molar-refractivity contribution in [1.82, 2.24) is 9.97 Å². The van der Waals surface area contributed by atoms with Crippen LogP contribution in [-0.4, -0.2) is 9.97 Å². The molecule has 92 valence electrons. The fourth-order valence-corrected chi connectivity index (χ4v) is 2.76. The zero-order chi connectivity index (χ0) is 12.5. The maximum atomic E-state index is 5.55. The molecule has 0 aliphatic heterocycles. The van der Waals surface area contributed by atoms with Crippen LogP contribution in [0.3, 0.4) is 0 Å². The quantitative estimate of drug-likeness (QED) is 0.693. The van der Waals surface area contributed by atoms with E-state index in [0.717, 1.165) is 26.4 Å². The third kappa shape index (κ3) is 2.20. The minimum absolute atomic E-state index is 0.0394. The summed E-state index contributed by atoms with van der Waals surface area (Å²) in [6.45, 7) is 0. The Kier molecular flexibility index (Phi) is 3.18. The molecule has 3 aromatic heterocycles. The van der Waals surface area contributed by atoms with Gasteiger partial charge in [-0.2, -0.15) is 0 Å². The van der Waals surface area contributed by atoms with Gasteiger partial charge in [-0.15, -0.1) is 0 Å². The third-order valence-electron chi connectivity index (χ3n) is 2.80. The molecule has 0 aromatic carbocycles. The molecular weight excluding hydrogens is 360 g/mol. The zero-order valence-electron chi connectivity index (χ0n) is 9.28. The summed E-state index contributed by atoms with van der Waals surface area (Å²) < 4.78 is 7.47. The molecule has 0 fully saturated rings. The lowest BCUT2D eigenvalue weighted by Gasteiger charge is -2.11. The molecule has 3 rings (SSSR count). The first kappa shape index (κ1) is 11.9. The van der Waals surface area contributed by atoms with E-state index in [1.807, 2.05) is 36.4 Å². The minimum Gasteiger partial charge on any atom is -0.468 e. The zero-order valence-corrected chi connectivity index (χ0v) is 12.5. The van der Waals surface area contributed by atoms with Gasteiger partial charge in [-0.1, -0.05) is 0 Å². The summed E-state index contributed by atoms with van der Waals surface area (Å²) in [6, 6.07) is 12.0. The van der Waals surface area contributed by atoms with Crippen LogP contribution in [0.1, 0.15) is 23.1 Å². The van der Waals surface area contributed by atoms with E-state index in [1.165, 1.54) is 0 Å². The van der Waals surface area contributed by atoms with Crippen molar-refractivity contribution >= 4 is 31.9 Å². The van der Waals surface area contributed by atoms with E-state index in [1.54, 1.807) is 6.26 Å². The maximum Gasteiger partial charge on any atom is 0.118 e. The van der Waals surface area contributed by atoms with E-state index in [2.05, 4.69) is 41.8 Å². The standard InChI is InChI=1S/C13H10Br2N2O/c14-11-5-3-8(16-11)13(10-2-1-7-18-10)9-4-6-12(15)17-9/h1-7,13,16-17H. The predicted octanol–water partition coefficient (Wildman–Crippen LogP) is 4.64. The summed E-state index contributed by atoms with van der Waals surface area (Å²) >= 11 is 6.87. The van der Waals surface area contributed by atoms with Crippen LogP contribution < -0.4 is 0 Å². The molecule has 0 unspecified atom stereocenters. The highest BCUT2D eigenvalue weighted by atomic mass is 79.9. The summed E-state index contributed by atoms with van der Waals surface area (Å²) in [5.74, 6) is 0.941. The summed E-state index contributed by atoms with van der Waals surface area (Å²) in [4.78, 5) is 6.59. The molecule has 0 spiro atoms. The van der Waals surface area contributed by atoms with Crippen LogP contribution in [0.5, 0.6) is 0 Å². The Labute approximate surface area is 121 Å². The lowest BCUT2D eigenvalue weighted by molar-refractivity contribution is 0.499. The Morgan fingerprint density at radius 2 is 1.50 bits per heavy atom. The van der Waals surface area contributed by atoms with Crippen molar-refractivity contribution in [1.29, 1.82) is 0 Å². The molecule has 0 radical (unpaired) electrons. The number of aromatic amines is 2. The van der Waals surface area contributed by atoms with Crippen molar-refractivity contribution in [3.05, 3.63) is 69.0 Å². The lowest BCUT2D eigenvalue weighted by Crippen LogP contribution is -2.03. The van der Waals surface area contributed by atoms with Crippen LogP contribution >= 0.6 is 31.9 Å². The highest BCUT2D eigenvalue weighted by Gasteiger charge is 2.22. The average Bonchev–Trinajstić information content (AvgIpc) is 3.04. The number of rotatable bonds is 3. The number of halogens is 2. The molecule has 3 aromatic rings. The lowest BCUT2D eigenvalue weighted by atomic mass is 9.99. The van der Waals surface area contributed by atoms with Gasteiger partial charge in [0.15, 0.2) is 0 Å². The largest absolute Gasteiger partial charge is 0.468 e. The van der Waals surface area contributed by atoms with Crippen molar-refractivity contribution in [2.45, 2.75) is 5.92 Å². The fourth-order valence-electron chi connectivity index (χ4n) is 2.03. The Morgan fingerprint density at radius 3 is 1.89 bits per heavy atom. The number of aromatic nitrogens is 2. The summed E-state index contributed by atoms with van der Waals surface area (Å²) in [7, 11) is 0. The first-order valence-corrected chi connectivity index (χ1v) is 7.05. The molecule has 3 heterocycles. The van der Waals surface area contributed by atoms with Crippen molar-refractivity contribution in [2.75, 3.05) is 0 Å². The second kappa shape index (κ2) is 4.82.